The van der Waals surface area contributed by atoms with Crippen LogP contribution in [-0.4, -0.2) is 28.6 Å². The molecule has 3 rings (SSSR count). The van der Waals surface area contributed by atoms with Crippen LogP contribution in [0, 0.1) is 0 Å². The second kappa shape index (κ2) is 9.92. The van der Waals surface area contributed by atoms with Gasteiger partial charge in [0.15, 0.2) is 5.96 Å². The third-order valence-electron chi connectivity index (χ3n) is 4.37. The number of imidazole rings is 1. The van der Waals surface area contributed by atoms with Gasteiger partial charge in [-0.1, -0.05) is 31.2 Å². The van der Waals surface area contributed by atoms with Crippen molar-refractivity contribution in [2.24, 2.45) is 4.99 Å². The summed E-state index contributed by atoms with van der Waals surface area (Å²) in [4.78, 5) is 8.85. The van der Waals surface area contributed by atoms with E-state index >= 15 is 0 Å². The third-order valence-corrected chi connectivity index (χ3v) is 5.07. The zero-order valence-electron chi connectivity index (χ0n) is 15.9. The lowest BCUT2D eigenvalue weighted by Gasteiger charge is -2.15. The number of benzene rings is 1. The topological polar surface area (TPSA) is 54.2 Å². The molecule has 3 aromatic rings. The molecule has 2 N–H and O–H groups in total. The van der Waals surface area contributed by atoms with E-state index in [0.29, 0.717) is 12.5 Å². The second-order valence-corrected chi connectivity index (χ2v) is 7.37. The average Bonchev–Trinajstić information content (AvgIpc) is 3.38. The molecule has 0 saturated carbocycles. The van der Waals surface area contributed by atoms with Crippen LogP contribution in [0.3, 0.4) is 0 Å². The monoisotopic (exact) mass is 381 g/mol. The summed E-state index contributed by atoms with van der Waals surface area (Å²) < 4.78 is 2.07. The molecule has 142 valence electrons. The highest BCUT2D eigenvalue weighted by molar-refractivity contribution is 7.07. The zero-order valence-corrected chi connectivity index (χ0v) is 16.7. The number of rotatable bonds is 8. The molecular formula is C21H27N5S. The highest BCUT2D eigenvalue weighted by atomic mass is 32.1. The molecule has 0 bridgehead atoms. The predicted molar refractivity (Wildman–Crippen MR) is 113 cm³/mol. The Morgan fingerprint density at radius 3 is 2.89 bits per heavy atom. The molecule has 0 aliphatic heterocycles. The first-order valence-corrected chi connectivity index (χ1v) is 10.3. The van der Waals surface area contributed by atoms with Gasteiger partial charge in [-0.15, -0.1) is 0 Å². The largest absolute Gasteiger partial charge is 0.357 e. The van der Waals surface area contributed by atoms with Crippen LogP contribution in [0.5, 0.6) is 0 Å². The van der Waals surface area contributed by atoms with E-state index in [1.54, 1.807) is 17.5 Å². The Morgan fingerprint density at radius 2 is 2.15 bits per heavy atom. The quantitative estimate of drug-likeness (QED) is 0.460. The van der Waals surface area contributed by atoms with Gasteiger partial charge < -0.3 is 15.2 Å². The molecule has 0 fully saturated rings. The minimum Gasteiger partial charge on any atom is -0.357 e. The number of nitrogens with one attached hydrogen (secondary N) is 2. The van der Waals surface area contributed by atoms with E-state index in [-0.39, 0.29) is 0 Å². The molecular weight excluding hydrogens is 354 g/mol. The molecule has 1 unspecified atom stereocenters. The van der Waals surface area contributed by atoms with Crippen molar-refractivity contribution < 1.29 is 0 Å². The van der Waals surface area contributed by atoms with Gasteiger partial charge in [-0.2, -0.15) is 11.3 Å². The van der Waals surface area contributed by atoms with Crippen molar-refractivity contribution in [1.29, 1.82) is 0 Å². The predicted octanol–water partition coefficient (Wildman–Crippen LogP) is 3.85. The van der Waals surface area contributed by atoms with E-state index in [2.05, 4.69) is 75.1 Å². The molecule has 1 aromatic carbocycles. The van der Waals surface area contributed by atoms with Crippen molar-refractivity contribution in [3.63, 3.8) is 0 Å². The Bertz CT molecular complexity index is 824. The molecule has 0 aliphatic carbocycles. The molecule has 0 spiro atoms. The molecule has 0 aliphatic rings. The molecule has 27 heavy (non-hydrogen) atoms. The van der Waals surface area contributed by atoms with Crippen LogP contribution < -0.4 is 10.6 Å². The van der Waals surface area contributed by atoms with E-state index in [9.17, 15) is 0 Å². The molecule has 0 amide bonds. The minimum atomic E-state index is 0.457. The highest BCUT2D eigenvalue weighted by Crippen LogP contribution is 2.17. The Kier molecular flexibility index (Phi) is 7.04. The maximum atomic E-state index is 4.75. The van der Waals surface area contributed by atoms with Crippen molar-refractivity contribution in [3.05, 3.63) is 76.5 Å². The number of nitrogens with zero attached hydrogens (tertiary/aromatic N) is 3. The normalized spacial score (nSPS) is 12.7. The van der Waals surface area contributed by atoms with Crippen molar-refractivity contribution in [3.8, 4) is 0 Å². The van der Waals surface area contributed by atoms with Gasteiger partial charge in [0.05, 0.1) is 12.9 Å². The van der Waals surface area contributed by atoms with Crippen LogP contribution in [0.1, 0.15) is 36.5 Å². The van der Waals surface area contributed by atoms with Crippen molar-refractivity contribution >= 4 is 17.3 Å². The van der Waals surface area contributed by atoms with E-state index in [4.69, 9.17) is 4.99 Å². The van der Waals surface area contributed by atoms with Crippen LogP contribution in [0.25, 0.3) is 0 Å². The fourth-order valence-electron chi connectivity index (χ4n) is 2.85. The molecule has 5 nitrogen and oxygen atoms in total. The molecule has 1 atom stereocenters. The second-order valence-electron chi connectivity index (χ2n) is 6.59. The van der Waals surface area contributed by atoms with Gasteiger partial charge in [0, 0.05) is 32.0 Å². The summed E-state index contributed by atoms with van der Waals surface area (Å²) in [6.07, 6.45) is 5.62. The van der Waals surface area contributed by atoms with Crippen molar-refractivity contribution in [1.82, 2.24) is 20.2 Å². The molecule has 0 radical (unpaired) electrons. The number of guanidine groups is 1. The molecule has 0 saturated heterocycles. The standard InChI is InChI=1S/C21H27N5S/c1-3-23-21(24-12-17(2)20-7-10-27-15-20)25-13-18-5-4-6-19(11-18)14-26-9-8-22-16-26/h4-11,15-17H,3,12-14H2,1-2H3,(H2,23,24,25). The third kappa shape index (κ3) is 5.96. The van der Waals surface area contributed by atoms with E-state index < -0.39 is 0 Å². The van der Waals surface area contributed by atoms with Gasteiger partial charge in [-0.05, 0) is 46.4 Å². The SMILES string of the molecule is CCNC(=NCc1cccc(Cn2ccnc2)c1)NCC(C)c1ccsc1. The lowest BCUT2D eigenvalue weighted by atomic mass is 10.1. The average molecular weight is 382 g/mol. The Labute approximate surface area is 165 Å². The van der Waals surface area contributed by atoms with Crippen molar-refractivity contribution in [2.45, 2.75) is 32.9 Å². The summed E-state index contributed by atoms with van der Waals surface area (Å²) in [5.41, 5.74) is 3.83. The Balaban J connectivity index is 1.59. The first-order chi connectivity index (χ1) is 13.2. The number of hydrogen-bond donors (Lipinski definition) is 2. The van der Waals surface area contributed by atoms with Crippen molar-refractivity contribution in [2.75, 3.05) is 13.1 Å². The van der Waals surface area contributed by atoms with Crippen LogP contribution in [0.2, 0.25) is 0 Å². The molecule has 2 aromatic heterocycles. The fourth-order valence-corrected chi connectivity index (χ4v) is 3.63. The number of aliphatic imine (C=N–C) groups is 1. The van der Waals surface area contributed by atoms with Gasteiger partial charge in [0.25, 0.3) is 0 Å². The molecule has 6 heteroatoms. The zero-order chi connectivity index (χ0) is 18.9. The summed E-state index contributed by atoms with van der Waals surface area (Å²) >= 11 is 1.74. The Hall–Kier alpha value is -2.60. The lowest BCUT2D eigenvalue weighted by Crippen LogP contribution is -2.39. The van der Waals surface area contributed by atoms with E-state index in [0.717, 1.165) is 25.6 Å². The van der Waals surface area contributed by atoms with E-state index in [1.165, 1.54) is 16.7 Å². The first kappa shape index (κ1) is 19.2. The summed E-state index contributed by atoms with van der Waals surface area (Å²) in [7, 11) is 0. The minimum absolute atomic E-state index is 0.457. The van der Waals surface area contributed by atoms with Gasteiger partial charge in [0.1, 0.15) is 0 Å². The smallest absolute Gasteiger partial charge is 0.191 e. The molecule has 2 heterocycles. The van der Waals surface area contributed by atoms with Gasteiger partial charge in [0.2, 0.25) is 0 Å². The summed E-state index contributed by atoms with van der Waals surface area (Å²) in [5, 5.41) is 11.1. The summed E-state index contributed by atoms with van der Waals surface area (Å²) in [6, 6.07) is 10.8. The summed E-state index contributed by atoms with van der Waals surface area (Å²) in [6.45, 7) is 7.51. The number of hydrogen-bond acceptors (Lipinski definition) is 3. The van der Waals surface area contributed by atoms with E-state index in [1.807, 2.05) is 12.5 Å². The fraction of sp³-hybridized carbons (Fsp3) is 0.333. The maximum Gasteiger partial charge on any atom is 0.191 e. The maximum absolute atomic E-state index is 4.75. The van der Waals surface area contributed by atoms with Crippen LogP contribution in [0.15, 0.2) is 64.8 Å². The highest BCUT2D eigenvalue weighted by Gasteiger charge is 2.07. The lowest BCUT2D eigenvalue weighted by molar-refractivity contribution is 0.701. The Morgan fingerprint density at radius 1 is 1.26 bits per heavy atom. The van der Waals surface area contributed by atoms with Crippen LogP contribution in [0.4, 0.5) is 0 Å². The van der Waals surface area contributed by atoms with Crippen LogP contribution in [-0.2, 0) is 13.1 Å². The van der Waals surface area contributed by atoms with Gasteiger partial charge >= 0.3 is 0 Å². The number of thiophene rings is 1. The summed E-state index contributed by atoms with van der Waals surface area (Å²) in [5.74, 6) is 1.32. The first-order valence-electron chi connectivity index (χ1n) is 9.32. The van der Waals surface area contributed by atoms with Gasteiger partial charge in [-0.25, -0.2) is 9.98 Å². The van der Waals surface area contributed by atoms with Crippen LogP contribution >= 0.6 is 11.3 Å². The van der Waals surface area contributed by atoms with Gasteiger partial charge in [-0.3, -0.25) is 0 Å². The number of aromatic nitrogens is 2.